The minimum atomic E-state index is -0.376. The lowest BCUT2D eigenvalue weighted by Crippen LogP contribution is -2.39. The van der Waals surface area contributed by atoms with Crippen molar-refractivity contribution in [1.82, 2.24) is 14.5 Å². The number of aromatic nitrogens is 2. The lowest BCUT2D eigenvalue weighted by molar-refractivity contribution is -0.138. The van der Waals surface area contributed by atoms with E-state index < -0.39 is 0 Å². The van der Waals surface area contributed by atoms with E-state index in [1.54, 1.807) is 49.8 Å². The van der Waals surface area contributed by atoms with E-state index in [4.69, 9.17) is 20.8 Å². The van der Waals surface area contributed by atoms with Gasteiger partial charge in [0.05, 0.1) is 25.6 Å². The molecular weight excluding hydrogens is 480 g/mol. The molecule has 0 saturated heterocycles. The first-order valence-electron chi connectivity index (χ1n) is 11.4. The first-order chi connectivity index (χ1) is 17.3. The molecule has 0 bridgehead atoms. The van der Waals surface area contributed by atoms with E-state index in [1.807, 2.05) is 42.6 Å². The van der Waals surface area contributed by atoms with Crippen LogP contribution in [0.5, 0.6) is 5.75 Å². The highest BCUT2D eigenvalue weighted by Gasteiger charge is 2.23. The summed E-state index contributed by atoms with van der Waals surface area (Å²) >= 11 is 6.04. The zero-order chi connectivity index (χ0) is 25.7. The molecule has 2 heterocycles. The minimum Gasteiger partial charge on any atom is -0.497 e. The second-order valence-electron chi connectivity index (χ2n) is 8.50. The molecule has 8 nitrogen and oxygen atoms in total. The standard InChI is InChI=1S/C27H27ClN4O4/c1-18(2)26(34)31(15-23-5-4-14-36-23)17-25(33)30-27-29-24(19-6-8-20(28)9-7-19)16-32(27)21-10-12-22(35-3)13-11-21/h4-14,16,18H,15,17H2,1-3H3,(H,29,30,33). The number of carbonyl (C=O) groups excluding carboxylic acids is 2. The van der Waals surface area contributed by atoms with Crippen molar-refractivity contribution in [1.29, 1.82) is 0 Å². The number of hydrogen-bond donors (Lipinski definition) is 1. The molecule has 4 aromatic rings. The van der Waals surface area contributed by atoms with Crippen molar-refractivity contribution in [3.63, 3.8) is 0 Å². The van der Waals surface area contributed by atoms with Gasteiger partial charge in [0.2, 0.25) is 17.8 Å². The van der Waals surface area contributed by atoms with Gasteiger partial charge in [-0.15, -0.1) is 0 Å². The third-order valence-corrected chi connectivity index (χ3v) is 5.77. The zero-order valence-corrected chi connectivity index (χ0v) is 21.0. The molecule has 0 spiro atoms. The Balaban J connectivity index is 1.62. The molecule has 9 heteroatoms. The van der Waals surface area contributed by atoms with Gasteiger partial charge < -0.3 is 14.1 Å². The maximum absolute atomic E-state index is 13.1. The van der Waals surface area contributed by atoms with Crippen LogP contribution in [0, 0.1) is 5.92 Å². The molecule has 2 amide bonds. The number of furan rings is 1. The second-order valence-corrected chi connectivity index (χ2v) is 8.94. The van der Waals surface area contributed by atoms with Crippen molar-refractivity contribution in [2.45, 2.75) is 20.4 Å². The number of amides is 2. The lowest BCUT2D eigenvalue weighted by Gasteiger charge is -2.23. The van der Waals surface area contributed by atoms with Crippen molar-refractivity contribution in [3.8, 4) is 22.7 Å². The predicted molar refractivity (Wildman–Crippen MR) is 138 cm³/mol. The molecule has 2 aromatic heterocycles. The van der Waals surface area contributed by atoms with Gasteiger partial charge in [-0.25, -0.2) is 4.98 Å². The Hall–Kier alpha value is -4.04. The fraction of sp³-hybridized carbons (Fsp3) is 0.222. The summed E-state index contributed by atoms with van der Waals surface area (Å²) < 4.78 is 12.4. The van der Waals surface area contributed by atoms with E-state index in [0.717, 1.165) is 11.3 Å². The van der Waals surface area contributed by atoms with Crippen LogP contribution in [0.15, 0.2) is 77.5 Å². The van der Waals surface area contributed by atoms with Crippen LogP contribution in [-0.2, 0) is 16.1 Å². The van der Waals surface area contributed by atoms with Gasteiger partial charge in [0.25, 0.3) is 0 Å². The first kappa shape index (κ1) is 25.1. The number of nitrogens with one attached hydrogen (secondary N) is 1. The van der Waals surface area contributed by atoms with E-state index in [0.29, 0.717) is 28.2 Å². The maximum atomic E-state index is 13.1. The fourth-order valence-electron chi connectivity index (χ4n) is 3.67. The Morgan fingerprint density at radius 2 is 1.83 bits per heavy atom. The Bertz CT molecular complexity index is 1310. The molecular formula is C27H27ClN4O4. The van der Waals surface area contributed by atoms with Crippen molar-refractivity contribution < 1.29 is 18.7 Å². The number of ether oxygens (including phenoxy) is 1. The minimum absolute atomic E-state index is 0.149. The number of anilines is 1. The molecule has 2 aromatic carbocycles. The van der Waals surface area contributed by atoms with Gasteiger partial charge in [0.15, 0.2) is 0 Å². The van der Waals surface area contributed by atoms with Gasteiger partial charge >= 0.3 is 0 Å². The quantitative estimate of drug-likeness (QED) is 0.327. The number of halogens is 1. The normalized spacial score (nSPS) is 10.9. The van der Waals surface area contributed by atoms with Gasteiger partial charge in [0, 0.05) is 28.4 Å². The number of nitrogens with zero attached hydrogens (tertiary/aromatic N) is 3. The van der Waals surface area contributed by atoms with E-state index >= 15 is 0 Å². The number of carbonyl (C=O) groups is 2. The molecule has 0 aliphatic heterocycles. The molecule has 186 valence electrons. The van der Waals surface area contributed by atoms with Crippen molar-refractivity contribution >= 4 is 29.4 Å². The van der Waals surface area contributed by atoms with Crippen LogP contribution >= 0.6 is 11.6 Å². The molecule has 0 fully saturated rings. The molecule has 4 rings (SSSR count). The average Bonchev–Trinajstić information content (AvgIpc) is 3.54. The average molecular weight is 507 g/mol. The number of benzene rings is 2. The second kappa shape index (κ2) is 11.1. The number of imidazole rings is 1. The summed E-state index contributed by atoms with van der Waals surface area (Å²) in [6.45, 7) is 3.64. The van der Waals surface area contributed by atoms with Crippen LogP contribution in [0.25, 0.3) is 16.9 Å². The highest BCUT2D eigenvalue weighted by atomic mass is 35.5. The van der Waals surface area contributed by atoms with E-state index in [-0.39, 0.29) is 30.8 Å². The third-order valence-electron chi connectivity index (χ3n) is 5.51. The molecule has 0 radical (unpaired) electrons. The van der Waals surface area contributed by atoms with Crippen molar-refractivity contribution in [2.24, 2.45) is 5.92 Å². The highest BCUT2D eigenvalue weighted by Crippen LogP contribution is 2.26. The van der Waals surface area contributed by atoms with E-state index in [2.05, 4.69) is 10.3 Å². The SMILES string of the molecule is COc1ccc(-n2cc(-c3ccc(Cl)cc3)nc2NC(=O)CN(Cc2ccco2)C(=O)C(C)C)cc1. The van der Waals surface area contributed by atoms with Crippen molar-refractivity contribution in [3.05, 3.63) is 83.9 Å². The van der Waals surface area contributed by atoms with E-state index in [9.17, 15) is 9.59 Å². The summed E-state index contributed by atoms with van der Waals surface area (Å²) in [6.07, 6.45) is 3.37. The van der Waals surface area contributed by atoms with Gasteiger partial charge in [0.1, 0.15) is 18.1 Å². The fourth-order valence-corrected chi connectivity index (χ4v) is 3.80. The van der Waals surface area contributed by atoms with Gasteiger partial charge in [-0.2, -0.15) is 0 Å². The summed E-state index contributed by atoms with van der Waals surface area (Å²) in [7, 11) is 1.60. The summed E-state index contributed by atoms with van der Waals surface area (Å²) in [4.78, 5) is 32.0. The maximum Gasteiger partial charge on any atom is 0.246 e. The highest BCUT2D eigenvalue weighted by molar-refractivity contribution is 6.30. The molecule has 0 unspecified atom stereocenters. The first-order valence-corrected chi connectivity index (χ1v) is 11.8. The van der Waals surface area contributed by atoms with Crippen LogP contribution in [0.3, 0.4) is 0 Å². The Kier molecular flexibility index (Phi) is 7.75. The van der Waals surface area contributed by atoms with Gasteiger partial charge in [-0.3, -0.25) is 19.5 Å². The zero-order valence-electron chi connectivity index (χ0n) is 20.3. The number of hydrogen-bond acceptors (Lipinski definition) is 5. The van der Waals surface area contributed by atoms with E-state index in [1.165, 1.54) is 11.2 Å². The Labute approximate surface area is 214 Å². The molecule has 0 aliphatic rings. The van der Waals surface area contributed by atoms with Crippen molar-refractivity contribution in [2.75, 3.05) is 19.0 Å². The smallest absolute Gasteiger partial charge is 0.246 e. The van der Waals surface area contributed by atoms with Crippen LogP contribution in [0.4, 0.5) is 5.95 Å². The number of methoxy groups -OCH3 is 1. The van der Waals surface area contributed by atoms with Crippen LogP contribution < -0.4 is 10.1 Å². The lowest BCUT2D eigenvalue weighted by atomic mass is 10.2. The predicted octanol–water partition coefficient (Wildman–Crippen LogP) is 5.42. The summed E-state index contributed by atoms with van der Waals surface area (Å²) in [5.41, 5.74) is 2.28. The largest absolute Gasteiger partial charge is 0.497 e. The molecule has 0 saturated carbocycles. The number of rotatable bonds is 9. The molecule has 36 heavy (non-hydrogen) atoms. The molecule has 1 N–H and O–H groups in total. The van der Waals surface area contributed by atoms with Gasteiger partial charge in [-0.1, -0.05) is 37.6 Å². The molecule has 0 aliphatic carbocycles. The summed E-state index contributed by atoms with van der Waals surface area (Å²) in [6, 6.07) is 18.2. The Morgan fingerprint density at radius 1 is 1.11 bits per heavy atom. The Morgan fingerprint density at radius 3 is 2.44 bits per heavy atom. The summed E-state index contributed by atoms with van der Waals surface area (Å²) in [5, 5.41) is 3.49. The molecule has 0 atom stereocenters. The van der Waals surface area contributed by atoms with Crippen LogP contribution in [0.1, 0.15) is 19.6 Å². The third kappa shape index (κ3) is 5.95. The van der Waals surface area contributed by atoms with Crippen LogP contribution in [-0.4, -0.2) is 39.9 Å². The summed E-state index contributed by atoms with van der Waals surface area (Å²) in [5.74, 6) is 0.834. The topological polar surface area (TPSA) is 89.6 Å². The monoisotopic (exact) mass is 506 g/mol. The van der Waals surface area contributed by atoms with Crippen LogP contribution in [0.2, 0.25) is 5.02 Å². The van der Waals surface area contributed by atoms with Gasteiger partial charge in [-0.05, 0) is 48.5 Å².